The molecule has 0 bridgehead atoms. The molecule has 0 aliphatic rings. The van der Waals surface area contributed by atoms with E-state index in [1.165, 1.54) is 56.7 Å². The average Bonchev–Trinajstić information content (AvgIpc) is 2.75. The zero-order valence-corrected chi connectivity index (χ0v) is 17.3. The van der Waals surface area contributed by atoms with Gasteiger partial charge in [0.05, 0.1) is 29.5 Å². The van der Waals surface area contributed by atoms with Gasteiger partial charge in [-0.3, -0.25) is 9.59 Å². The molecule has 1 heterocycles. The lowest BCUT2D eigenvalue weighted by molar-refractivity contribution is -0.135. The maximum atomic E-state index is 13.1. The van der Waals surface area contributed by atoms with Crippen LogP contribution in [-0.4, -0.2) is 56.3 Å². The number of ether oxygens (including phenoxy) is 2. The molecule has 0 saturated heterocycles. The number of carboxylic acids is 1. The molecule has 1 amide bonds. The van der Waals surface area contributed by atoms with Gasteiger partial charge in [0.2, 0.25) is 9.84 Å². The van der Waals surface area contributed by atoms with Gasteiger partial charge in [-0.1, -0.05) is 0 Å². The van der Waals surface area contributed by atoms with Crippen LogP contribution >= 0.6 is 0 Å². The van der Waals surface area contributed by atoms with E-state index in [0.717, 1.165) is 0 Å². The second-order valence-corrected chi connectivity index (χ2v) is 8.26. The molecule has 10 nitrogen and oxygen atoms in total. The van der Waals surface area contributed by atoms with Gasteiger partial charge in [-0.05, 0) is 36.4 Å². The van der Waals surface area contributed by atoms with Crippen LogP contribution < -0.4 is 14.8 Å². The molecule has 1 aromatic heterocycles. The lowest BCUT2D eigenvalue weighted by Gasteiger charge is -2.11. The molecule has 0 unspecified atom stereocenters. The van der Waals surface area contributed by atoms with E-state index in [1.54, 1.807) is 0 Å². The van der Waals surface area contributed by atoms with Crippen molar-refractivity contribution < 1.29 is 37.7 Å². The van der Waals surface area contributed by atoms with Gasteiger partial charge >= 0.3 is 5.97 Å². The number of aromatic nitrogens is 1. The van der Waals surface area contributed by atoms with E-state index < -0.39 is 34.0 Å². The van der Waals surface area contributed by atoms with Crippen LogP contribution in [0.15, 0.2) is 52.3 Å². The minimum absolute atomic E-state index is 0.0219. The number of aliphatic carboxylic acids is 1. The highest BCUT2D eigenvalue weighted by Gasteiger charge is 2.22. The molecular formula is C20H18N2O8S. The largest absolute Gasteiger partial charge is 0.505 e. The molecule has 2 aromatic carbocycles. The second-order valence-electron chi connectivity index (χ2n) is 6.31. The lowest BCUT2D eigenvalue weighted by Crippen LogP contribution is -2.29. The maximum absolute atomic E-state index is 13.1. The Morgan fingerprint density at radius 1 is 1.00 bits per heavy atom. The number of aromatic hydroxyl groups is 1. The first-order valence-electron chi connectivity index (χ1n) is 8.78. The number of hydrogen-bond donors (Lipinski definition) is 3. The smallest absolute Gasteiger partial charge is 0.322 e. The highest BCUT2D eigenvalue weighted by molar-refractivity contribution is 7.91. The standard InChI is InChI=1S/C20H18N2O8S/c1-29-16-6-4-13(9-17(16)30-2)31(27,28)12-3-5-14-11(7-12)8-15(23)19(22-14)20(26)21-10-18(24)25/h3-9,23H,10H2,1-2H3,(H,21,26)(H,24,25). The van der Waals surface area contributed by atoms with E-state index in [1.807, 2.05) is 0 Å². The van der Waals surface area contributed by atoms with Gasteiger partial charge in [0.1, 0.15) is 12.3 Å². The van der Waals surface area contributed by atoms with Crippen LogP contribution in [0.5, 0.6) is 17.2 Å². The molecule has 0 atom stereocenters. The number of sulfone groups is 1. The minimum atomic E-state index is -3.93. The Hall–Kier alpha value is -3.86. The van der Waals surface area contributed by atoms with Gasteiger partial charge < -0.3 is 25.0 Å². The molecule has 11 heteroatoms. The SMILES string of the molecule is COc1ccc(S(=O)(=O)c2ccc3nc(C(=O)NCC(=O)O)c(O)cc3c2)cc1OC. The van der Waals surface area contributed by atoms with E-state index in [2.05, 4.69) is 10.3 Å². The Balaban J connectivity index is 2.01. The summed E-state index contributed by atoms with van der Waals surface area (Å²) in [5, 5.41) is 21.1. The third kappa shape index (κ3) is 4.36. The highest BCUT2D eigenvalue weighted by atomic mass is 32.2. The first-order chi connectivity index (χ1) is 14.7. The van der Waals surface area contributed by atoms with Crippen molar-refractivity contribution >= 4 is 32.6 Å². The van der Waals surface area contributed by atoms with Gasteiger partial charge in [-0.15, -0.1) is 0 Å². The fraction of sp³-hybridized carbons (Fsp3) is 0.150. The molecule has 0 radical (unpaired) electrons. The summed E-state index contributed by atoms with van der Waals surface area (Å²) in [6, 6.07) is 9.39. The number of carboxylic acid groups (broad SMARTS) is 1. The Labute approximate surface area is 177 Å². The van der Waals surface area contributed by atoms with Crippen LogP contribution in [0.25, 0.3) is 10.9 Å². The second kappa shape index (κ2) is 8.48. The number of methoxy groups -OCH3 is 2. The van der Waals surface area contributed by atoms with Crippen molar-refractivity contribution in [2.24, 2.45) is 0 Å². The number of nitrogens with one attached hydrogen (secondary N) is 1. The summed E-state index contributed by atoms with van der Waals surface area (Å²) >= 11 is 0. The fourth-order valence-corrected chi connectivity index (χ4v) is 4.15. The molecule has 0 fully saturated rings. The molecule has 0 saturated carbocycles. The number of benzene rings is 2. The van der Waals surface area contributed by atoms with Crippen LogP contribution in [0.3, 0.4) is 0 Å². The first kappa shape index (κ1) is 21.8. The predicted octanol–water partition coefficient (Wildman–Crippen LogP) is 1.60. The topological polar surface area (TPSA) is 152 Å². The third-order valence-corrected chi connectivity index (χ3v) is 6.11. The van der Waals surface area contributed by atoms with Crippen LogP contribution in [0, 0.1) is 0 Å². The van der Waals surface area contributed by atoms with Gasteiger partial charge in [-0.25, -0.2) is 13.4 Å². The molecular weight excluding hydrogens is 428 g/mol. The molecule has 162 valence electrons. The van der Waals surface area contributed by atoms with Crippen molar-refractivity contribution in [2.45, 2.75) is 9.79 Å². The van der Waals surface area contributed by atoms with Crippen LogP contribution in [0.4, 0.5) is 0 Å². The normalized spacial score (nSPS) is 11.2. The number of pyridine rings is 1. The van der Waals surface area contributed by atoms with Crippen LogP contribution in [0.2, 0.25) is 0 Å². The quantitative estimate of drug-likeness (QED) is 0.491. The molecule has 0 spiro atoms. The molecule has 3 N–H and O–H groups in total. The summed E-state index contributed by atoms with van der Waals surface area (Å²) in [5.74, 6) is -2.01. The molecule has 0 aliphatic carbocycles. The van der Waals surface area contributed by atoms with Crippen molar-refractivity contribution in [1.29, 1.82) is 0 Å². The van der Waals surface area contributed by atoms with Gasteiger partial charge in [-0.2, -0.15) is 0 Å². The molecule has 0 aliphatic heterocycles. The van der Waals surface area contributed by atoms with E-state index in [4.69, 9.17) is 14.6 Å². The summed E-state index contributed by atoms with van der Waals surface area (Å²) < 4.78 is 36.4. The molecule has 3 aromatic rings. The molecule has 31 heavy (non-hydrogen) atoms. The summed E-state index contributed by atoms with van der Waals surface area (Å²) in [4.78, 5) is 26.5. The van der Waals surface area contributed by atoms with Crippen LogP contribution in [0.1, 0.15) is 10.5 Å². The number of fused-ring (bicyclic) bond motifs is 1. The minimum Gasteiger partial charge on any atom is -0.505 e. The van der Waals surface area contributed by atoms with E-state index in [0.29, 0.717) is 5.75 Å². The number of rotatable bonds is 7. The fourth-order valence-electron chi connectivity index (χ4n) is 2.84. The molecule has 3 rings (SSSR count). The van der Waals surface area contributed by atoms with Crippen molar-refractivity contribution in [3.8, 4) is 17.2 Å². The van der Waals surface area contributed by atoms with Gasteiger partial charge in [0, 0.05) is 11.5 Å². The summed E-state index contributed by atoms with van der Waals surface area (Å²) in [7, 11) is -1.11. The zero-order chi connectivity index (χ0) is 22.8. The maximum Gasteiger partial charge on any atom is 0.322 e. The van der Waals surface area contributed by atoms with Gasteiger partial charge in [0.25, 0.3) is 5.91 Å². The van der Waals surface area contributed by atoms with Gasteiger partial charge in [0.15, 0.2) is 17.2 Å². The summed E-state index contributed by atoms with van der Waals surface area (Å²) in [6.07, 6.45) is 0. The number of carbonyl (C=O) groups is 2. The Morgan fingerprint density at radius 2 is 1.65 bits per heavy atom. The van der Waals surface area contributed by atoms with Crippen molar-refractivity contribution in [2.75, 3.05) is 20.8 Å². The Kier molecular flexibility index (Phi) is 5.97. The average molecular weight is 446 g/mol. The highest BCUT2D eigenvalue weighted by Crippen LogP contribution is 2.33. The van der Waals surface area contributed by atoms with E-state index >= 15 is 0 Å². The van der Waals surface area contributed by atoms with Crippen molar-refractivity contribution in [3.05, 3.63) is 48.2 Å². The summed E-state index contributed by atoms with van der Waals surface area (Å²) in [6.45, 7) is -0.638. The zero-order valence-electron chi connectivity index (χ0n) is 16.4. The number of nitrogens with zero attached hydrogens (tertiary/aromatic N) is 1. The van der Waals surface area contributed by atoms with E-state index in [-0.39, 0.29) is 32.1 Å². The number of hydrogen-bond acceptors (Lipinski definition) is 8. The van der Waals surface area contributed by atoms with Crippen molar-refractivity contribution in [3.63, 3.8) is 0 Å². The van der Waals surface area contributed by atoms with Crippen LogP contribution in [-0.2, 0) is 14.6 Å². The third-order valence-electron chi connectivity index (χ3n) is 4.36. The number of carbonyl (C=O) groups excluding carboxylic acids is 1. The predicted molar refractivity (Wildman–Crippen MR) is 108 cm³/mol. The Morgan fingerprint density at radius 3 is 2.29 bits per heavy atom. The van der Waals surface area contributed by atoms with E-state index in [9.17, 15) is 23.1 Å². The first-order valence-corrected chi connectivity index (χ1v) is 10.3. The van der Waals surface area contributed by atoms with Crippen molar-refractivity contribution in [1.82, 2.24) is 10.3 Å². The Bertz CT molecular complexity index is 1290. The monoisotopic (exact) mass is 446 g/mol. The summed E-state index contributed by atoms with van der Waals surface area (Å²) in [5.41, 5.74) is -0.131. The lowest BCUT2D eigenvalue weighted by atomic mass is 10.2. The number of amides is 1.